The largest absolute Gasteiger partial charge is 0.352 e. The molecule has 0 amide bonds. The summed E-state index contributed by atoms with van der Waals surface area (Å²) in [5, 5.41) is 5.27. The summed E-state index contributed by atoms with van der Waals surface area (Å²) < 4.78 is 1.84. The van der Waals surface area contributed by atoms with Gasteiger partial charge in [0.2, 0.25) is 0 Å². The van der Waals surface area contributed by atoms with Crippen LogP contribution in [0.5, 0.6) is 0 Å². The van der Waals surface area contributed by atoms with Crippen molar-refractivity contribution in [3.8, 4) is 11.1 Å². The van der Waals surface area contributed by atoms with E-state index in [2.05, 4.69) is 22.2 Å². The molecule has 4 heteroatoms. The van der Waals surface area contributed by atoms with Gasteiger partial charge in [0, 0.05) is 30.2 Å². The number of benzene rings is 1. The first-order chi connectivity index (χ1) is 10.2. The highest BCUT2D eigenvalue weighted by Gasteiger charge is 2.10. The molecule has 102 valence electrons. The predicted octanol–water partition coefficient (Wildman–Crippen LogP) is 3.69. The Bertz CT molecular complexity index is 978. The molecule has 4 rings (SSSR count). The number of fused-ring (bicyclic) bond motifs is 2. The monoisotopic (exact) mass is 275 g/mol. The van der Waals surface area contributed by atoms with E-state index in [4.69, 9.17) is 0 Å². The maximum absolute atomic E-state index is 11.6. The van der Waals surface area contributed by atoms with E-state index in [1.54, 1.807) is 13.1 Å². The van der Waals surface area contributed by atoms with Gasteiger partial charge in [-0.05, 0) is 41.5 Å². The highest BCUT2D eigenvalue weighted by Crippen LogP contribution is 2.30. The number of aromatic amines is 1. The molecule has 0 aliphatic carbocycles. The SMILES string of the molecule is CC(=O)c1cc2c(-c3ccn4nccc4c3)cccc2[nH]1. The van der Waals surface area contributed by atoms with E-state index in [9.17, 15) is 4.79 Å². The van der Waals surface area contributed by atoms with Crippen molar-refractivity contribution in [3.63, 3.8) is 0 Å². The Labute approximate surface area is 121 Å². The van der Waals surface area contributed by atoms with Crippen molar-refractivity contribution in [3.05, 3.63) is 60.6 Å². The molecule has 0 atom stereocenters. The quantitative estimate of drug-likeness (QED) is 0.567. The third-order valence-electron chi connectivity index (χ3n) is 3.75. The standard InChI is InChI=1S/C17H13N3O/c1-11(21)17-10-15-14(3-2-4-16(15)19-17)12-6-8-20-13(9-12)5-7-18-20/h2-10,19H,1H3. The van der Waals surface area contributed by atoms with E-state index in [1.165, 1.54) is 0 Å². The average molecular weight is 275 g/mol. The summed E-state index contributed by atoms with van der Waals surface area (Å²) in [6.45, 7) is 1.57. The second-order valence-electron chi connectivity index (χ2n) is 5.12. The Morgan fingerprint density at radius 3 is 2.95 bits per heavy atom. The Hall–Kier alpha value is -2.88. The van der Waals surface area contributed by atoms with Crippen molar-refractivity contribution in [1.29, 1.82) is 0 Å². The molecule has 3 aromatic heterocycles. The van der Waals surface area contributed by atoms with Crippen LogP contribution in [0.25, 0.3) is 27.5 Å². The summed E-state index contributed by atoms with van der Waals surface area (Å²) in [5.74, 6) is 0.0448. The molecule has 0 saturated carbocycles. The van der Waals surface area contributed by atoms with Gasteiger partial charge in [-0.2, -0.15) is 5.10 Å². The zero-order valence-corrected chi connectivity index (χ0v) is 11.5. The summed E-state index contributed by atoms with van der Waals surface area (Å²) in [4.78, 5) is 14.7. The number of ketones is 1. The molecule has 1 aromatic carbocycles. The Morgan fingerprint density at radius 2 is 2.10 bits per heavy atom. The molecule has 3 heterocycles. The summed E-state index contributed by atoms with van der Waals surface area (Å²) in [6.07, 6.45) is 3.73. The maximum atomic E-state index is 11.6. The first-order valence-corrected chi connectivity index (χ1v) is 6.79. The van der Waals surface area contributed by atoms with E-state index >= 15 is 0 Å². The number of aromatic nitrogens is 3. The Kier molecular flexibility index (Phi) is 2.44. The van der Waals surface area contributed by atoms with Crippen LogP contribution in [0, 0.1) is 0 Å². The lowest BCUT2D eigenvalue weighted by Crippen LogP contribution is -1.89. The number of rotatable bonds is 2. The summed E-state index contributed by atoms with van der Waals surface area (Å²) in [5.41, 5.74) is 4.89. The highest BCUT2D eigenvalue weighted by atomic mass is 16.1. The smallest absolute Gasteiger partial charge is 0.175 e. The fourth-order valence-electron chi connectivity index (χ4n) is 2.69. The number of H-pyrrole nitrogens is 1. The minimum Gasteiger partial charge on any atom is -0.352 e. The number of Topliss-reactive ketones (excluding diaryl/α,β-unsaturated/α-hetero) is 1. The van der Waals surface area contributed by atoms with Crippen molar-refractivity contribution in [1.82, 2.24) is 14.6 Å². The number of pyridine rings is 1. The first-order valence-electron chi connectivity index (χ1n) is 6.79. The first kappa shape index (κ1) is 11.9. The maximum Gasteiger partial charge on any atom is 0.175 e. The molecule has 0 radical (unpaired) electrons. The van der Waals surface area contributed by atoms with Gasteiger partial charge < -0.3 is 4.98 Å². The lowest BCUT2D eigenvalue weighted by atomic mass is 10.0. The molecule has 0 fully saturated rings. The molecule has 4 aromatic rings. The molecule has 0 unspecified atom stereocenters. The van der Waals surface area contributed by atoms with Crippen LogP contribution in [0.2, 0.25) is 0 Å². The van der Waals surface area contributed by atoms with Gasteiger partial charge in [-0.15, -0.1) is 0 Å². The third-order valence-corrected chi connectivity index (χ3v) is 3.75. The van der Waals surface area contributed by atoms with E-state index in [1.807, 2.05) is 41.0 Å². The number of carbonyl (C=O) groups is 1. The van der Waals surface area contributed by atoms with Crippen LogP contribution in [0.15, 0.2) is 54.9 Å². The van der Waals surface area contributed by atoms with Crippen LogP contribution >= 0.6 is 0 Å². The molecule has 0 aliphatic rings. The number of nitrogens with one attached hydrogen (secondary N) is 1. The van der Waals surface area contributed by atoms with Crippen molar-refractivity contribution < 1.29 is 4.79 Å². The zero-order chi connectivity index (χ0) is 14.4. The summed E-state index contributed by atoms with van der Waals surface area (Å²) in [7, 11) is 0. The van der Waals surface area contributed by atoms with Crippen molar-refractivity contribution in [2.45, 2.75) is 6.92 Å². The van der Waals surface area contributed by atoms with Crippen LogP contribution in [-0.2, 0) is 0 Å². The molecule has 21 heavy (non-hydrogen) atoms. The molecular weight excluding hydrogens is 262 g/mol. The van der Waals surface area contributed by atoms with Crippen LogP contribution in [0.1, 0.15) is 17.4 Å². The summed E-state index contributed by atoms with van der Waals surface area (Å²) in [6, 6.07) is 14.1. The minimum atomic E-state index is 0.0448. The fraction of sp³-hybridized carbons (Fsp3) is 0.0588. The second kappa shape index (κ2) is 4.31. The van der Waals surface area contributed by atoms with E-state index in [0.717, 1.165) is 27.5 Å². The van der Waals surface area contributed by atoms with Gasteiger partial charge >= 0.3 is 0 Å². The minimum absolute atomic E-state index is 0.0448. The van der Waals surface area contributed by atoms with E-state index in [0.29, 0.717) is 5.69 Å². The number of hydrogen-bond donors (Lipinski definition) is 1. The highest BCUT2D eigenvalue weighted by molar-refractivity contribution is 6.03. The lowest BCUT2D eigenvalue weighted by Gasteiger charge is -2.04. The predicted molar refractivity (Wildman–Crippen MR) is 82.5 cm³/mol. The summed E-state index contributed by atoms with van der Waals surface area (Å²) >= 11 is 0. The lowest BCUT2D eigenvalue weighted by molar-refractivity contribution is 0.101. The van der Waals surface area contributed by atoms with E-state index in [-0.39, 0.29) is 5.78 Å². The second-order valence-corrected chi connectivity index (χ2v) is 5.12. The fourth-order valence-corrected chi connectivity index (χ4v) is 2.69. The Morgan fingerprint density at radius 1 is 1.19 bits per heavy atom. The Balaban J connectivity index is 1.98. The molecule has 1 N–H and O–H groups in total. The van der Waals surface area contributed by atoms with Crippen LogP contribution in [-0.4, -0.2) is 20.4 Å². The molecule has 0 aliphatic heterocycles. The normalized spacial score (nSPS) is 11.3. The van der Waals surface area contributed by atoms with Crippen molar-refractivity contribution in [2.75, 3.05) is 0 Å². The molecule has 0 spiro atoms. The zero-order valence-electron chi connectivity index (χ0n) is 11.5. The van der Waals surface area contributed by atoms with Gasteiger partial charge in [0.15, 0.2) is 5.78 Å². The van der Waals surface area contributed by atoms with Gasteiger partial charge in [-0.1, -0.05) is 12.1 Å². The van der Waals surface area contributed by atoms with Crippen LogP contribution in [0.3, 0.4) is 0 Å². The number of hydrogen-bond acceptors (Lipinski definition) is 2. The average Bonchev–Trinajstić information content (AvgIpc) is 3.12. The van der Waals surface area contributed by atoms with Gasteiger partial charge in [-0.25, -0.2) is 4.52 Å². The van der Waals surface area contributed by atoms with Crippen molar-refractivity contribution >= 4 is 22.2 Å². The molecule has 0 saturated heterocycles. The van der Waals surface area contributed by atoms with Gasteiger partial charge in [0.1, 0.15) is 0 Å². The molecule has 4 nitrogen and oxygen atoms in total. The molecular formula is C17H13N3O. The third kappa shape index (κ3) is 1.84. The van der Waals surface area contributed by atoms with Gasteiger partial charge in [0.05, 0.1) is 11.2 Å². The number of carbonyl (C=O) groups excluding carboxylic acids is 1. The van der Waals surface area contributed by atoms with Gasteiger partial charge in [0.25, 0.3) is 0 Å². The number of nitrogens with zero attached hydrogens (tertiary/aromatic N) is 2. The van der Waals surface area contributed by atoms with Crippen LogP contribution in [0.4, 0.5) is 0 Å². The van der Waals surface area contributed by atoms with E-state index < -0.39 is 0 Å². The van der Waals surface area contributed by atoms with Gasteiger partial charge in [-0.3, -0.25) is 4.79 Å². The van der Waals surface area contributed by atoms with Crippen LogP contribution < -0.4 is 0 Å². The molecule has 0 bridgehead atoms. The van der Waals surface area contributed by atoms with Crippen molar-refractivity contribution in [2.24, 2.45) is 0 Å². The topological polar surface area (TPSA) is 50.2 Å².